The molecule has 1 unspecified atom stereocenters. The van der Waals surface area contributed by atoms with E-state index in [4.69, 9.17) is 12.2 Å². The summed E-state index contributed by atoms with van der Waals surface area (Å²) in [5, 5.41) is 3.30. The lowest BCUT2D eigenvalue weighted by Crippen LogP contribution is -2.16. The van der Waals surface area contributed by atoms with E-state index in [1.54, 1.807) is 0 Å². The van der Waals surface area contributed by atoms with E-state index in [0.29, 0.717) is 6.04 Å². The van der Waals surface area contributed by atoms with Crippen molar-refractivity contribution in [3.8, 4) is 0 Å². The Balaban J connectivity index is 2.16. The molecule has 2 heteroatoms. The summed E-state index contributed by atoms with van der Waals surface area (Å²) in [6, 6.07) is 10.9. The Morgan fingerprint density at radius 3 is 2.58 bits per heavy atom. The molecule has 1 nitrogen and oxygen atoms in total. The predicted molar refractivity (Wildman–Crippen MR) is 54.2 cm³/mol. The summed E-state index contributed by atoms with van der Waals surface area (Å²) in [7, 11) is 0. The SMILES string of the molecule is S=C1CCC(c2ccccc2)N1. The predicted octanol–water partition coefficient (Wildman–Crippen LogP) is 2.44. The minimum Gasteiger partial charge on any atom is -0.373 e. The van der Waals surface area contributed by atoms with Crippen LogP contribution in [-0.4, -0.2) is 4.99 Å². The normalized spacial score (nSPS) is 22.3. The first-order chi connectivity index (χ1) is 5.86. The Labute approximate surface area is 77.8 Å². The third kappa shape index (κ3) is 1.48. The van der Waals surface area contributed by atoms with E-state index in [1.165, 1.54) is 5.56 Å². The van der Waals surface area contributed by atoms with Crippen LogP contribution in [0.3, 0.4) is 0 Å². The fourth-order valence-electron chi connectivity index (χ4n) is 1.55. The molecular formula is C10H11NS. The van der Waals surface area contributed by atoms with E-state index < -0.39 is 0 Å². The van der Waals surface area contributed by atoms with Crippen LogP contribution in [0.4, 0.5) is 0 Å². The summed E-state index contributed by atoms with van der Waals surface area (Å²) >= 11 is 5.08. The fraction of sp³-hybridized carbons (Fsp3) is 0.300. The molecule has 0 aromatic heterocycles. The van der Waals surface area contributed by atoms with Crippen LogP contribution in [0.2, 0.25) is 0 Å². The lowest BCUT2D eigenvalue weighted by Gasteiger charge is -2.09. The maximum Gasteiger partial charge on any atom is 0.0759 e. The van der Waals surface area contributed by atoms with E-state index in [-0.39, 0.29) is 0 Å². The van der Waals surface area contributed by atoms with Gasteiger partial charge in [0.1, 0.15) is 0 Å². The molecule has 0 spiro atoms. The van der Waals surface area contributed by atoms with E-state index in [0.717, 1.165) is 17.8 Å². The number of hydrogen-bond acceptors (Lipinski definition) is 1. The van der Waals surface area contributed by atoms with Crippen LogP contribution in [0.15, 0.2) is 30.3 Å². The minimum atomic E-state index is 0.457. The van der Waals surface area contributed by atoms with E-state index in [9.17, 15) is 0 Å². The van der Waals surface area contributed by atoms with Crippen LogP contribution in [0.5, 0.6) is 0 Å². The molecule has 0 saturated carbocycles. The van der Waals surface area contributed by atoms with Crippen LogP contribution in [0.1, 0.15) is 24.4 Å². The highest BCUT2D eigenvalue weighted by Gasteiger charge is 2.18. The van der Waals surface area contributed by atoms with Gasteiger partial charge in [-0.05, 0) is 18.4 Å². The molecule has 1 aliphatic heterocycles. The van der Waals surface area contributed by atoms with E-state index in [2.05, 4.69) is 29.6 Å². The van der Waals surface area contributed by atoms with Gasteiger partial charge >= 0.3 is 0 Å². The van der Waals surface area contributed by atoms with Crippen molar-refractivity contribution in [2.45, 2.75) is 18.9 Å². The molecule has 0 aliphatic carbocycles. The van der Waals surface area contributed by atoms with Gasteiger partial charge in [0.2, 0.25) is 0 Å². The molecule has 62 valence electrons. The van der Waals surface area contributed by atoms with Gasteiger partial charge in [0.05, 0.1) is 11.0 Å². The van der Waals surface area contributed by atoms with Crippen molar-refractivity contribution < 1.29 is 0 Å². The molecule has 1 fully saturated rings. The zero-order valence-corrected chi connectivity index (χ0v) is 7.60. The van der Waals surface area contributed by atoms with Gasteiger partial charge in [0.15, 0.2) is 0 Å². The summed E-state index contributed by atoms with van der Waals surface area (Å²) < 4.78 is 0. The van der Waals surface area contributed by atoms with Crippen LogP contribution in [0.25, 0.3) is 0 Å². The third-order valence-electron chi connectivity index (χ3n) is 2.20. The number of hydrogen-bond donors (Lipinski definition) is 1. The van der Waals surface area contributed by atoms with Gasteiger partial charge in [0.25, 0.3) is 0 Å². The number of rotatable bonds is 1. The van der Waals surface area contributed by atoms with Crippen molar-refractivity contribution >= 4 is 17.2 Å². The molecule has 12 heavy (non-hydrogen) atoms. The zero-order valence-electron chi connectivity index (χ0n) is 6.79. The second-order valence-corrected chi connectivity index (χ2v) is 3.56. The summed E-state index contributed by atoms with van der Waals surface area (Å²) in [4.78, 5) is 1.00. The molecule has 2 rings (SSSR count). The second kappa shape index (κ2) is 3.23. The Bertz CT molecular complexity index is 281. The standard InChI is InChI=1S/C10H11NS/c12-10-7-6-9(11-10)8-4-2-1-3-5-8/h1-5,9H,6-7H2,(H,11,12). The van der Waals surface area contributed by atoms with E-state index >= 15 is 0 Å². The Hall–Kier alpha value is -0.890. The average Bonchev–Trinajstić information content (AvgIpc) is 2.54. The summed E-state index contributed by atoms with van der Waals surface area (Å²) in [5.41, 5.74) is 1.34. The van der Waals surface area contributed by atoms with Gasteiger partial charge in [-0.3, -0.25) is 0 Å². The molecule has 1 atom stereocenters. The first kappa shape index (κ1) is 7.74. The van der Waals surface area contributed by atoms with Gasteiger partial charge in [-0.2, -0.15) is 0 Å². The molecule has 1 aromatic carbocycles. The lowest BCUT2D eigenvalue weighted by molar-refractivity contribution is 0.675. The Morgan fingerprint density at radius 2 is 2.00 bits per heavy atom. The Morgan fingerprint density at radius 1 is 1.25 bits per heavy atom. The highest BCUT2D eigenvalue weighted by atomic mass is 32.1. The van der Waals surface area contributed by atoms with E-state index in [1.807, 2.05) is 6.07 Å². The summed E-state index contributed by atoms with van der Waals surface area (Å²) in [5.74, 6) is 0. The monoisotopic (exact) mass is 177 g/mol. The largest absolute Gasteiger partial charge is 0.373 e. The van der Waals surface area contributed by atoms with Gasteiger partial charge in [-0.1, -0.05) is 42.5 Å². The third-order valence-corrected chi connectivity index (χ3v) is 2.52. The molecule has 1 saturated heterocycles. The molecule has 0 amide bonds. The highest BCUT2D eigenvalue weighted by molar-refractivity contribution is 7.80. The number of benzene rings is 1. The topological polar surface area (TPSA) is 12.0 Å². The van der Waals surface area contributed by atoms with Crippen molar-refractivity contribution in [2.75, 3.05) is 0 Å². The fourth-order valence-corrected chi connectivity index (χ4v) is 1.81. The highest BCUT2D eigenvalue weighted by Crippen LogP contribution is 2.23. The maximum absolute atomic E-state index is 5.08. The summed E-state index contributed by atoms with van der Waals surface area (Å²) in [6.45, 7) is 0. The molecule has 1 aromatic rings. The first-order valence-corrected chi connectivity index (χ1v) is 4.61. The average molecular weight is 177 g/mol. The zero-order chi connectivity index (χ0) is 8.39. The van der Waals surface area contributed by atoms with Crippen molar-refractivity contribution in [3.05, 3.63) is 35.9 Å². The van der Waals surface area contributed by atoms with Crippen molar-refractivity contribution in [3.63, 3.8) is 0 Å². The molecule has 1 heterocycles. The minimum absolute atomic E-state index is 0.457. The molecule has 0 radical (unpaired) electrons. The quantitative estimate of drug-likeness (QED) is 0.661. The summed E-state index contributed by atoms with van der Waals surface area (Å²) in [6.07, 6.45) is 2.18. The second-order valence-electron chi connectivity index (χ2n) is 3.07. The lowest BCUT2D eigenvalue weighted by atomic mass is 10.1. The molecule has 1 N–H and O–H groups in total. The van der Waals surface area contributed by atoms with Crippen molar-refractivity contribution in [1.29, 1.82) is 0 Å². The molecule has 0 bridgehead atoms. The van der Waals surface area contributed by atoms with Crippen LogP contribution < -0.4 is 5.32 Å². The molecule has 1 aliphatic rings. The van der Waals surface area contributed by atoms with Crippen LogP contribution in [-0.2, 0) is 0 Å². The van der Waals surface area contributed by atoms with Gasteiger partial charge in [0, 0.05) is 0 Å². The maximum atomic E-state index is 5.08. The van der Waals surface area contributed by atoms with Gasteiger partial charge in [-0.25, -0.2) is 0 Å². The first-order valence-electron chi connectivity index (χ1n) is 4.20. The number of thiocarbonyl (C=S) groups is 1. The van der Waals surface area contributed by atoms with Crippen LogP contribution >= 0.6 is 12.2 Å². The molecular weight excluding hydrogens is 166 g/mol. The van der Waals surface area contributed by atoms with Crippen molar-refractivity contribution in [1.82, 2.24) is 5.32 Å². The Kier molecular flexibility index (Phi) is 2.09. The van der Waals surface area contributed by atoms with Gasteiger partial charge in [-0.15, -0.1) is 0 Å². The smallest absolute Gasteiger partial charge is 0.0759 e. The van der Waals surface area contributed by atoms with Crippen molar-refractivity contribution in [2.24, 2.45) is 0 Å². The number of nitrogens with one attached hydrogen (secondary N) is 1. The van der Waals surface area contributed by atoms with Crippen LogP contribution in [0, 0.1) is 0 Å². The van der Waals surface area contributed by atoms with Gasteiger partial charge < -0.3 is 5.32 Å².